The smallest absolute Gasteiger partial charge is 0.324 e. The molecule has 1 aliphatic heterocycles. The molecule has 19 heavy (non-hydrogen) atoms. The summed E-state index contributed by atoms with van der Waals surface area (Å²) >= 11 is 0. The molecule has 1 fully saturated rings. The highest BCUT2D eigenvalue weighted by atomic mass is 32.2. The highest BCUT2D eigenvalue weighted by molar-refractivity contribution is 7.89. The van der Waals surface area contributed by atoms with Crippen LogP contribution in [0.5, 0.6) is 0 Å². The number of carbonyl (C=O) groups is 1. The highest BCUT2D eigenvalue weighted by Crippen LogP contribution is 2.10. The first kappa shape index (κ1) is 16.4. The van der Waals surface area contributed by atoms with Gasteiger partial charge >= 0.3 is 5.97 Å². The Bertz CT molecular complexity index is 367. The second kappa shape index (κ2) is 8.53. The van der Waals surface area contributed by atoms with E-state index in [1.807, 2.05) is 0 Å². The molecule has 0 aromatic heterocycles. The van der Waals surface area contributed by atoms with E-state index in [9.17, 15) is 13.2 Å². The summed E-state index contributed by atoms with van der Waals surface area (Å²) in [7, 11) is -3.35. The molecule has 1 unspecified atom stereocenters. The molecule has 0 amide bonds. The van der Waals surface area contributed by atoms with Crippen LogP contribution in [0.3, 0.4) is 0 Å². The molecule has 0 aromatic rings. The van der Waals surface area contributed by atoms with E-state index in [-0.39, 0.29) is 5.75 Å². The van der Waals surface area contributed by atoms with Crippen molar-refractivity contribution in [3.05, 3.63) is 0 Å². The van der Waals surface area contributed by atoms with Gasteiger partial charge < -0.3 is 4.74 Å². The Labute approximate surface area is 116 Å². The van der Waals surface area contributed by atoms with Crippen LogP contribution in [-0.2, 0) is 19.6 Å². The lowest BCUT2D eigenvalue weighted by Gasteiger charge is -2.09. The minimum absolute atomic E-state index is 0.102. The fraction of sp³-hybridized carbons (Fsp3) is 0.923. The van der Waals surface area contributed by atoms with E-state index < -0.39 is 22.0 Å². The second-order valence-electron chi connectivity index (χ2n) is 5.07. The first-order valence-electron chi connectivity index (χ1n) is 7.22. The van der Waals surface area contributed by atoms with Crippen molar-refractivity contribution in [2.45, 2.75) is 64.3 Å². The fourth-order valence-electron chi connectivity index (χ4n) is 2.13. The predicted octanol–water partition coefficient (Wildman–Crippen LogP) is 1.97. The lowest BCUT2D eigenvalue weighted by molar-refractivity contribution is -0.139. The van der Waals surface area contributed by atoms with Crippen LogP contribution in [-0.4, -0.2) is 32.8 Å². The maximum atomic E-state index is 11.7. The fourth-order valence-corrected chi connectivity index (χ4v) is 3.48. The molecule has 5 nitrogen and oxygen atoms in total. The number of unbranched alkanes of at least 4 members (excludes halogenated alkanes) is 6. The summed E-state index contributed by atoms with van der Waals surface area (Å²) in [5, 5.41) is 0. The topological polar surface area (TPSA) is 72.5 Å². The van der Waals surface area contributed by atoms with E-state index >= 15 is 0 Å². The molecule has 1 saturated heterocycles. The molecule has 1 aliphatic rings. The lowest BCUT2D eigenvalue weighted by Crippen LogP contribution is -2.39. The van der Waals surface area contributed by atoms with Crippen molar-refractivity contribution in [2.24, 2.45) is 0 Å². The molecule has 1 N–H and O–H groups in total. The van der Waals surface area contributed by atoms with Crippen LogP contribution in [0.25, 0.3) is 0 Å². The Morgan fingerprint density at radius 1 is 1.16 bits per heavy atom. The number of hydrogen-bond donors (Lipinski definition) is 1. The van der Waals surface area contributed by atoms with Crippen LogP contribution >= 0.6 is 0 Å². The van der Waals surface area contributed by atoms with Gasteiger partial charge in [-0.15, -0.1) is 0 Å². The van der Waals surface area contributed by atoms with Crippen molar-refractivity contribution in [1.29, 1.82) is 0 Å². The van der Waals surface area contributed by atoms with Gasteiger partial charge in [-0.3, -0.25) is 4.79 Å². The van der Waals surface area contributed by atoms with Crippen molar-refractivity contribution < 1.29 is 17.9 Å². The van der Waals surface area contributed by atoms with Crippen molar-refractivity contribution in [3.8, 4) is 0 Å². The molecule has 0 radical (unpaired) electrons. The van der Waals surface area contributed by atoms with Crippen molar-refractivity contribution in [2.75, 3.05) is 12.4 Å². The minimum Gasteiger partial charge on any atom is -0.464 e. The molecule has 1 heterocycles. The summed E-state index contributed by atoms with van der Waals surface area (Å²) in [6, 6.07) is -0.672. The number of cyclic esters (lactones) is 1. The number of carbonyl (C=O) groups excluding carboxylic acids is 1. The number of hydrogen-bond acceptors (Lipinski definition) is 4. The minimum atomic E-state index is -3.35. The van der Waals surface area contributed by atoms with Crippen molar-refractivity contribution in [3.63, 3.8) is 0 Å². The summed E-state index contributed by atoms with van der Waals surface area (Å²) in [6.45, 7) is 2.48. The van der Waals surface area contributed by atoms with Crippen molar-refractivity contribution >= 4 is 16.0 Å². The van der Waals surface area contributed by atoms with Gasteiger partial charge in [-0.25, -0.2) is 13.1 Å². The Kier molecular flexibility index (Phi) is 7.38. The van der Waals surface area contributed by atoms with Crippen LogP contribution in [0.1, 0.15) is 58.3 Å². The molecular weight excluding hydrogens is 266 g/mol. The van der Waals surface area contributed by atoms with E-state index in [2.05, 4.69) is 11.6 Å². The van der Waals surface area contributed by atoms with Gasteiger partial charge in [-0.1, -0.05) is 45.4 Å². The Balaban J connectivity index is 2.11. The van der Waals surface area contributed by atoms with E-state index in [0.717, 1.165) is 12.8 Å². The van der Waals surface area contributed by atoms with Crippen LogP contribution in [0.15, 0.2) is 0 Å². The van der Waals surface area contributed by atoms with Crippen LogP contribution in [0, 0.1) is 0 Å². The van der Waals surface area contributed by atoms with Crippen LogP contribution in [0.4, 0.5) is 0 Å². The van der Waals surface area contributed by atoms with Gasteiger partial charge in [0.25, 0.3) is 0 Å². The maximum absolute atomic E-state index is 11.7. The van der Waals surface area contributed by atoms with Gasteiger partial charge in [0.1, 0.15) is 6.04 Å². The molecular formula is C13H25NO4S. The van der Waals surface area contributed by atoms with Crippen LogP contribution in [0.2, 0.25) is 0 Å². The standard InChI is InChI=1S/C13H25NO4S/c1-2-3-4-5-6-7-8-11-19(16,17)14-12-9-10-18-13(12)15/h12,14H,2-11H2,1H3. The SMILES string of the molecule is CCCCCCCCCS(=O)(=O)NC1CCOC1=O. The molecule has 0 aliphatic carbocycles. The van der Waals surface area contributed by atoms with Gasteiger partial charge in [0.05, 0.1) is 12.4 Å². The number of sulfonamides is 1. The zero-order valence-electron chi connectivity index (χ0n) is 11.7. The Morgan fingerprint density at radius 3 is 2.37 bits per heavy atom. The average molecular weight is 291 g/mol. The van der Waals surface area contributed by atoms with Crippen molar-refractivity contribution in [1.82, 2.24) is 4.72 Å². The van der Waals surface area contributed by atoms with E-state index in [0.29, 0.717) is 19.4 Å². The monoisotopic (exact) mass is 291 g/mol. The molecule has 0 saturated carbocycles. The summed E-state index contributed by atoms with van der Waals surface area (Å²) in [4.78, 5) is 11.2. The number of rotatable bonds is 10. The Hall–Kier alpha value is -0.620. The molecule has 0 spiro atoms. The number of nitrogens with one attached hydrogen (secondary N) is 1. The first-order valence-corrected chi connectivity index (χ1v) is 8.87. The normalized spacial score (nSPS) is 19.6. The third kappa shape index (κ3) is 6.92. The van der Waals surface area contributed by atoms with Gasteiger partial charge in [-0.05, 0) is 6.42 Å². The summed E-state index contributed by atoms with van der Waals surface area (Å²) in [5.74, 6) is -0.354. The molecule has 0 bridgehead atoms. The second-order valence-corrected chi connectivity index (χ2v) is 6.94. The lowest BCUT2D eigenvalue weighted by atomic mass is 10.1. The maximum Gasteiger partial charge on any atom is 0.324 e. The van der Waals surface area contributed by atoms with Crippen LogP contribution < -0.4 is 4.72 Å². The molecule has 6 heteroatoms. The zero-order chi connectivity index (χ0) is 14.1. The third-order valence-electron chi connectivity index (χ3n) is 3.27. The highest BCUT2D eigenvalue weighted by Gasteiger charge is 2.30. The third-order valence-corrected chi connectivity index (χ3v) is 4.74. The zero-order valence-corrected chi connectivity index (χ0v) is 12.5. The van der Waals surface area contributed by atoms with E-state index in [1.54, 1.807) is 0 Å². The van der Waals surface area contributed by atoms with Gasteiger partial charge in [0.2, 0.25) is 10.0 Å². The molecule has 1 atom stereocenters. The summed E-state index contributed by atoms with van der Waals surface area (Å²) in [6.07, 6.45) is 7.99. The summed E-state index contributed by atoms with van der Waals surface area (Å²) < 4.78 is 30.6. The Morgan fingerprint density at radius 2 is 1.79 bits per heavy atom. The largest absolute Gasteiger partial charge is 0.464 e. The number of ether oxygens (including phenoxy) is 1. The average Bonchev–Trinajstić information content (AvgIpc) is 2.73. The molecule has 112 valence electrons. The quantitative estimate of drug-likeness (QED) is 0.493. The first-order chi connectivity index (χ1) is 9.05. The summed E-state index contributed by atoms with van der Waals surface area (Å²) in [5.41, 5.74) is 0. The van der Waals surface area contributed by atoms with E-state index in [4.69, 9.17) is 4.74 Å². The predicted molar refractivity (Wildman–Crippen MR) is 74.3 cm³/mol. The van der Waals surface area contributed by atoms with E-state index in [1.165, 1.54) is 25.7 Å². The van der Waals surface area contributed by atoms with Gasteiger partial charge in [0, 0.05) is 6.42 Å². The number of esters is 1. The van der Waals surface area contributed by atoms with Gasteiger partial charge in [-0.2, -0.15) is 0 Å². The molecule has 1 rings (SSSR count). The van der Waals surface area contributed by atoms with Gasteiger partial charge in [0.15, 0.2) is 0 Å². The molecule has 0 aromatic carbocycles.